The van der Waals surface area contributed by atoms with Gasteiger partial charge < -0.3 is 12.3 Å². The van der Waals surface area contributed by atoms with Crippen LogP contribution in [0.15, 0.2) is 12.7 Å². The van der Waals surface area contributed by atoms with Gasteiger partial charge in [0, 0.05) is 0 Å². The fourth-order valence-corrected chi connectivity index (χ4v) is 5.69. The molecule has 1 saturated heterocycles. The number of allylic oxidation sites excluding steroid dienone is 1. The smallest absolute Gasteiger partial charge is 0.286 e. The summed E-state index contributed by atoms with van der Waals surface area (Å²) >= 11 is 0. The molecule has 0 saturated carbocycles. The van der Waals surface area contributed by atoms with Gasteiger partial charge >= 0.3 is 0 Å². The molecular formula is C3H12O3Si3. The second kappa shape index (κ2) is 8.27. The minimum atomic E-state index is -0.493. The van der Waals surface area contributed by atoms with Crippen molar-refractivity contribution in [3.8, 4) is 0 Å². The molecule has 0 atom stereocenters. The molecule has 1 aliphatic heterocycles. The average Bonchev–Trinajstić information content (AvgIpc) is 1.93. The first-order chi connectivity index (χ1) is 4.41. The van der Waals surface area contributed by atoms with E-state index >= 15 is 0 Å². The summed E-state index contributed by atoms with van der Waals surface area (Å²) in [5.74, 6) is 0. The maximum absolute atomic E-state index is 4.94. The van der Waals surface area contributed by atoms with E-state index in [9.17, 15) is 0 Å². The molecule has 0 spiro atoms. The predicted octanol–water partition coefficient (Wildman–Crippen LogP) is -1.76. The van der Waals surface area contributed by atoms with Crippen LogP contribution in [0.1, 0.15) is 6.92 Å². The van der Waals surface area contributed by atoms with Crippen molar-refractivity contribution in [3.05, 3.63) is 12.7 Å². The third-order valence-corrected chi connectivity index (χ3v) is 4.50. The van der Waals surface area contributed by atoms with Crippen LogP contribution in [-0.2, 0) is 12.3 Å². The van der Waals surface area contributed by atoms with Crippen molar-refractivity contribution in [2.75, 3.05) is 0 Å². The van der Waals surface area contributed by atoms with Crippen LogP contribution in [0, 0.1) is 0 Å². The van der Waals surface area contributed by atoms with Crippen molar-refractivity contribution >= 4 is 30.0 Å². The maximum atomic E-state index is 4.94. The number of hydrogen-bond acceptors (Lipinski definition) is 3. The largest absolute Gasteiger partial charge is 0.425 e. The zero-order valence-corrected chi connectivity index (χ0v) is 9.87. The van der Waals surface area contributed by atoms with Crippen LogP contribution in [0.3, 0.4) is 0 Å². The molecule has 54 valence electrons. The minimum absolute atomic E-state index is 0.493. The molecule has 1 heterocycles. The molecule has 0 radical (unpaired) electrons. The topological polar surface area (TPSA) is 27.7 Å². The lowest BCUT2D eigenvalue weighted by Crippen LogP contribution is -2.23. The van der Waals surface area contributed by atoms with Gasteiger partial charge in [0.1, 0.15) is 0 Å². The van der Waals surface area contributed by atoms with E-state index in [-0.39, 0.29) is 0 Å². The first-order valence-electron chi connectivity index (χ1n) is 2.72. The van der Waals surface area contributed by atoms with Crippen molar-refractivity contribution in [3.63, 3.8) is 0 Å². The summed E-state index contributed by atoms with van der Waals surface area (Å²) in [4.78, 5) is 0. The van der Waals surface area contributed by atoms with E-state index in [1.54, 1.807) is 6.08 Å². The van der Waals surface area contributed by atoms with Crippen LogP contribution in [0.2, 0.25) is 0 Å². The Kier molecular flexibility index (Phi) is 8.52. The average molecular weight is 180 g/mol. The second-order valence-corrected chi connectivity index (χ2v) is 6.98. The van der Waals surface area contributed by atoms with Gasteiger partial charge in [0.15, 0.2) is 0 Å². The lowest BCUT2D eigenvalue weighted by molar-refractivity contribution is 0.347. The SMILES string of the molecule is C=CC.O1[SiH2]O[SiH2]O[SiH2]1. The number of hydrogen-bond donors (Lipinski definition) is 0. The molecule has 0 aromatic carbocycles. The fraction of sp³-hybridized carbons (Fsp3) is 0.333. The highest BCUT2D eigenvalue weighted by molar-refractivity contribution is 6.50. The van der Waals surface area contributed by atoms with Gasteiger partial charge in [-0.15, -0.1) is 6.58 Å². The molecule has 0 aromatic rings. The molecule has 3 nitrogen and oxygen atoms in total. The van der Waals surface area contributed by atoms with Crippen LogP contribution in [0.4, 0.5) is 0 Å². The third-order valence-electron chi connectivity index (χ3n) is 0.500. The van der Waals surface area contributed by atoms with Gasteiger partial charge in [-0.05, 0) is 6.92 Å². The van der Waals surface area contributed by atoms with E-state index < -0.39 is 30.0 Å². The predicted molar refractivity (Wildman–Crippen MR) is 44.8 cm³/mol. The summed E-state index contributed by atoms with van der Waals surface area (Å²) in [6.45, 7) is 5.25. The lowest BCUT2D eigenvalue weighted by Gasteiger charge is -2.10. The zero-order chi connectivity index (χ0) is 6.95. The Balaban J connectivity index is 0.000000187. The molecule has 0 unspecified atom stereocenters. The molecule has 1 fully saturated rings. The highest BCUT2D eigenvalue weighted by atomic mass is 28.4. The molecule has 0 N–H and O–H groups in total. The van der Waals surface area contributed by atoms with Gasteiger partial charge in [-0.1, -0.05) is 6.08 Å². The van der Waals surface area contributed by atoms with E-state index in [4.69, 9.17) is 12.3 Å². The molecule has 9 heavy (non-hydrogen) atoms. The van der Waals surface area contributed by atoms with Crippen molar-refractivity contribution in [1.82, 2.24) is 0 Å². The zero-order valence-electron chi connectivity index (χ0n) is 5.63. The second-order valence-electron chi connectivity index (χ2n) is 1.37. The fourth-order valence-electron chi connectivity index (χ4n) is 0.279. The van der Waals surface area contributed by atoms with Crippen LogP contribution in [0.5, 0.6) is 0 Å². The molecule has 0 amide bonds. The van der Waals surface area contributed by atoms with Crippen molar-refractivity contribution in [2.45, 2.75) is 6.92 Å². The van der Waals surface area contributed by atoms with Gasteiger partial charge in [-0.3, -0.25) is 0 Å². The van der Waals surface area contributed by atoms with E-state index in [0.29, 0.717) is 0 Å². The van der Waals surface area contributed by atoms with E-state index in [2.05, 4.69) is 6.58 Å². The summed E-state index contributed by atoms with van der Waals surface area (Å²) < 4.78 is 14.8. The van der Waals surface area contributed by atoms with Crippen LogP contribution >= 0.6 is 0 Å². The van der Waals surface area contributed by atoms with E-state index in [0.717, 1.165) is 0 Å². The molecular weight excluding hydrogens is 168 g/mol. The van der Waals surface area contributed by atoms with Gasteiger partial charge in [0.05, 0.1) is 0 Å². The summed E-state index contributed by atoms with van der Waals surface area (Å²) in [7, 11) is -1.48. The standard InChI is InChI=1S/C3H6.H6O3Si3/c1-3-2;1-4-2-6-3-5-1/h3H,1H2,2H3;4-6H2. The quantitative estimate of drug-likeness (QED) is 0.326. The van der Waals surface area contributed by atoms with Gasteiger partial charge in [0.25, 0.3) is 30.0 Å². The summed E-state index contributed by atoms with van der Waals surface area (Å²) in [6.07, 6.45) is 1.75. The van der Waals surface area contributed by atoms with Gasteiger partial charge in [-0.2, -0.15) is 0 Å². The van der Waals surface area contributed by atoms with Crippen LogP contribution < -0.4 is 0 Å². The van der Waals surface area contributed by atoms with Crippen LogP contribution in [0.25, 0.3) is 0 Å². The van der Waals surface area contributed by atoms with Crippen molar-refractivity contribution < 1.29 is 12.3 Å². The van der Waals surface area contributed by atoms with Crippen molar-refractivity contribution in [2.24, 2.45) is 0 Å². The Hall–Kier alpha value is 0.271. The highest BCUT2D eigenvalue weighted by Crippen LogP contribution is 1.78. The molecule has 0 aromatic heterocycles. The Morgan fingerprint density at radius 3 is 1.44 bits per heavy atom. The lowest BCUT2D eigenvalue weighted by atomic mass is 10.8. The van der Waals surface area contributed by atoms with Gasteiger partial charge in [-0.25, -0.2) is 0 Å². The molecule has 6 heteroatoms. The Morgan fingerprint density at radius 1 is 1.11 bits per heavy atom. The van der Waals surface area contributed by atoms with Gasteiger partial charge in [0.2, 0.25) is 0 Å². The summed E-state index contributed by atoms with van der Waals surface area (Å²) in [6, 6.07) is 0. The summed E-state index contributed by atoms with van der Waals surface area (Å²) in [5, 5.41) is 0. The molecule has 1 aliphatic rings. The Labute approximate surface area is 62.6 Å². The van der Waals surface area contributed by atoms with Crippen LogP contribution in [-0.4, -0.2) is 30.0 Å². The maximum Gasteiger partial charge on any atom is 0.286 e. The normalized spacial score (nSPS) is 25.4. The highest BCUT2D eigenvalue weighted by Gasteiger charge is 1.96. The monoisotopic (exact) mass is 180 g/mol. The first-order valence-corrected chi connectivity index (χ1v) is 6.18. The van der Waals surface area contributed by atoms with E-state index in [1.807, 2.05) is 6.92 Å². The summed E-state index contributed by atoms with van der Waals surface area (Å²) in [5.41, 5.74) is 0. The van der Waals surface area contributed by atoms with E-state index in [1.165, 1.54) is 0 Å². The van der Waals surface area contributed by atoms with Crippen molar-refractivity contribution in [1.29, 1.82) is 0 Å². The Bertz CT molecular complexity index is 53.8. The first kappa shape index (κ1) is 9.27. The third kappa shape index (κ3) is 8.27. The molecule has 0 bridgehead atoms. The Morgan fingerprint density at radius 2 is 1.33 bits per heavy atom. The molecule has 0 aliphatic carbocycles. The minimum Gasteiger partial charge on any atom is -0.425 e. The number of rotatable bonds is 0. The molecule has 1 rings (SSSR count).